The normalized spacial score (nSPS) is 12.0. The molecule has 3 aromatic rings. The van der Waals surface area contributed by atoms with E-state index in [-0.39, 0.29) is 12.2 Å². The van der Waals surface area contributed by atoms with Crippen molar-refractivity contribution in [3.8, 4) is 5.75 Å². The summed E-state index contributed by atoms with van der Waals surface area (Å²) in [6.07, 6.45) is 4.56. The zero-order valence-electron chi connectivity index (χ0n) is 16.9. The number of aromatic nitrogens is 2. The number of amides is 1. The van der Waals surface area contributed by atoms with Crippen LogP contribution < -0.4 is 15.6 Å². The van der Waals surface area contributed by atoms with Crippen molar-refractivity contribution in [1.82, 2.24) is 14.7 Å². The zero-order chi connectivity index (χ0) is 22.4. The molecule has 1 aromatic carbocycles. The first-order valence-corrected chi connectivity index (χ1v) is 10.1. The van der Waals surface area contributed by atoms with Gasteiger partial charge in [-0.2, -0.15) is 0 Å². The molecule has 1 amide bonds. The molecular weight excluding hydrogens is 466 g/mol. The maximum atomic E-state index is 12.2. The monoisotopic (exact) mass is 485 g/mol. The van der Waals surface area contributed by atoms with Crippen LogP contribution in [0.4, 0.5) is 0 Å². The summed E-state index contributed by atoms with van der Waals surface area (Å²) in [5.41, 5.74) is 1.28. The third kappa shape index (κ3) is 6.02. The summed E-state index contributed by atoms with van der Waals surface area (Å²) in [5, 5.41) is 2.54. The fraction of sp³-hybridized carbons (Fsp3) is 0.182. The van der Waals surface area contributed by atoms with E-state index >= 15 is 0 Å². The molecule has 31 heavy (non-hydrogen) atoms. The molecule has 9 heteroatoms. The van der Waals surface area contributed by atoms with Crippen LogP contribution >= 0.6 is 15.9 Å². The number of ether oxygens (including phenoxy) is 2. The lowest BCUT2D eigenvalue weighted by atomic mass is 10.2. The maximum absolute atomic E-state index is 12.2. The van der Waals surface area contributed by atoms with Crippen molar-refractivity contribution < 1.29 is 19.1 Å². The molecule has 0 bridgehead atoms. The molecule has 0 fully saturated rings. The molecule has 2 heterocycles. The van der Waals surface area contributed by atoms with Gasteiger partial charge in [0.1, 0.15) is 24.0 Å². The molecule has 8 nitrogen and oxygen atoms in total. The van der Waals surface area contributed by atoms with E-state index in [4.69, 9.17) is 9.47 Å². The summed E-state index contributed by atoms with van der Waals surface area (Å²) < 4.78 is 12.4. The van der Waals surface area contributed by atoms with Gasteiger partial charge in [-0.25, -0.2) is 9.78 Å². The quantitative estimate of drug-likeness (QED) is 0.408. The summed E-state index contributed by atoms with van der Waals surface area (Å²) in [7, 11) is 1.58. The highest BCUT2D eigenvalue weighted by Crippen LogP contribution is 2.12. The first-order valence-electron chi connectivity index (χ1n) is 9.33. The van der Waals surface area contributed by atoms with Crippen molar-refractivity contribution in [3.63, 3.8) is 0 Å². The first-order chi connectivity index (χ1) is 14.9. The Morgan fingerprint density at radius 3 is 2.68 bits per heavy atom. The Morgan fingerprint density at radius 1 is 1.23 bits per heavy atom. The molecule has 0 aliphatic rings. The summed E-state index contributed by atoms with van der Waals surface area (Å²) in [6, 6.07) is 11.0. The minimum Gasteiger partial charge on any atom is -0.497 e. The molecule has 0 aliphatic heterocycles. The van der Waals surface area contributed by atoms with Gasteiger partial charge in [-0.05, 0) is 58.8 Å². The Morgan fingerprint density at radius 2 is 1.97 bits per heavy atom. The van der Waals surface area contributed by atoms with Gasteiger partial charge in [-0.1, -0.05) is 12.1 Å². The molecule has 0 radical (unpaired) electrons. The molecule has 1 atom stereocenters. The van der Waals surface area contributed by atoms with Crippen LogP contribution in [0, 0.1) is 0 Å². The van der Waals surface area contributed by atoms with Crippen molar-refractivity contribution >= 4 is 39.5 Å². The molecule has 3 rings (SSSR count). The van der Waals surface area contributed by atoms with E-state index < -0.39 is 17.9 Å². The molecular formula is C22H20BrN3O5. The molecule has 0 unspecified atom stereocenters. The van der Waals surface area contributed by atoms with Crippen LogP contribution in [0.5, 0.6) is 5.75 Å². The van der Waals surface area contributed by atoms with Gasteiger partial charge in [-0.3, -0.25) is 14.0 Å². The fourth-order valence-electron chi connectivity index (χ4n) is 2.68. The van der Waals surface area contributed by atoms with Crippen molar-refractivity contribution in [2.75, 3.05) is 7.11 Å². The lowest BCUT2D eigenvalue weighted by Gasteiger charge is -2.12. The average molecular weight is 486 g/mol. The fourth-order valence-corrected chi connectivity index (χ4v) is 3.01. The first kappa shape index (κ1) is 22.2. The molecule has 1 N–H and O–H groups in total. The summed E-state index contributed by atoms with van der Waals surface area (Å²) in [5.74, 6) is -0.355. The van der Waals surface area contributed by atoms with Gasteiger partial charge in [0.25, 0.3) is 5.56 Å². The van der Waals surface area contributed by atoms with E-state index in [1.165, 1.54) is 23.5 Å². The average Bonchev–Trinajstić information content (AvgIpc) is 2.76. The van der Waals surface area contributed by atoms with Crippen LogP contribution in [-0.4, -0.2) is 34.4 Å². The Hall–Kier alpha value is -3.46. The molecule has 0 spiro atoms. The van der Waals surface area contributed by atoms with Gasteiger partial charge in [0, 0.05) is 22.8 Å². The number of halogens is 1. The van der Waals surface area contributed by atoms with E-state index in [1.807, 2.05) is 0 Å². The highest BCUT2D eigenvalue weighted by molar-refractivity contribution is 9.10. The number of carbonyl (C=O) groups is 2. The van der Waals surface area contributed by atoms with Crippen molar-refractivity contribution in [3.05, 3.63) is 80.8 Å². The standard InChI is InChI=1S/C22H20BrN3O5/c1-14(24-20(27)10-5-15-3-7-18(30-2)8-4-15)22(29)31-13-17-11-21(28)26-12-16(23)6-9-19(26)25-17/h3-12,14H,13H2,1-2H3,(H,24,27)/b10-5+/t14-/m0/s1. The van der Waals surface area contributed by atoms with E-state index in [2.05, 4.69) is 26.2 Å². The number of esters is 1. The predicted molar refractivity (Wildman–Crippen MR) is 119 cm³/mol. The highest BCUT2D eigenvalue weighted by atomic mass is 79.9. The number of fused-ring (bicyclic) bond motifs is 1. The Labute approximate surface area is 186 Å². The van der Waals surface area contributed by atoms with Gasteiger partial charge < -0.3 is 14.8 Å². The Balaban J connectivity index is 1.54. The van der Waals surface area contributed by atoms with Crippen molar-refractivity contribution in [2.45, 2.75) is 19.6 Å². The number of hydrogen-bond donors (Lipinski definition) is 1. The number of nitrogens with zero attached hydrogens (tertiary/aromatic N) is 2. The third-order valence-electron chi connectivity index (χ3n) is 4.29. The van der Waals surface area contributed by atoms with Crippen LogP contribution in [0.2, 0.25) is 0 Å². The number of nitrogens with one attached hydrogen (secondary N) is 1. The number of pyridine rings is 1. The van der Waals surface area contributed by atoms with Crippen LogP contribution in [-0.2, 0) is 20.9 Å². The van der Waals surface area contributed by atoms with Gasteiger partial charge in [0.15, 0.2) is 0 Å². The van der Waals surface area contributed by atoms with E-state index in [0.29, 0.717) is 11.3 Å². The zero-order valence-corrected chi connectivity index (χ0v) is 18.5. The second-order valence-corrected chi connectivity index (χ2v) is 7.52. The van der Waals surface area contributed by atoms with E-state index in [0.717, 1.165) is 15.8 Å². The minimum atomic E-state index is -0.870. The number of rotatable bonds is 7. The minimum absolute atomic E-state index is 0.178. The van der Waals surface area contributed by atoms with Gasteiger partial charge in [0.05, 0.1) is 12.8 Å². The van der Waals surface area contributed by atoms with E-state index in [1.54, 1.807) is 55.8 Å². The number of benzene rings is 1. The number of methoxy groups -OCH3 is 1. The van der Waals surface area contributed by atoms with Gasteiger partial charge in [0.2, 0.25) is 5.91 Å². The van der Waals surface area contributed by atoms with Crippen LogP contribution in [0.1, 0.15) is 18.2 Å². The van der Waals surface area contributed by atoms with Crippen LogP contribution in [0.15, 0.2) is 64.0 Å². The predicted octanol–water partition coefficient (Wildman–Crippen LogP) is 2.73. The lowest BCUT2D eigenvalue weighted by Crippen LogP contribution is -2.38. The summed E-state index contributed by atoms with van der Waals surface area (Å²) in [6.45, 7) is 1.34. The van der Waals surface area contributed by atoms with E-state index in [9.17, 15) is 14.4 Å². The lowest BCUT2D eigenvalue weighted by molar-refractivity contribution is -0.148. The summed E-state index contributed by atoms with van der Waals surface area (Å²) in [4.78, 5) is 40.7. The number of carbonyl (C=O) groups excluding carboxylic acids is 2. The topological polar surface area (TPSA) is 99.0 Å². The number of hydrogen-bond acceptors (Lipinski definition) is 6. The largest absolute Gasteiger partial charge is 0.497 e. The SMILES string of the molecule is COc1ccc(/C=C/C(=O)N[C@@H](C)C(=O)OCc2cc(=O)n3cc(Br)ccc3n2)cc1. The maximum Gasteiger partial charge on any atom is 0.328 e. The molecule has 160 valence electrons. The second kappa shape index (κ2) is 10.0. The van der Waals surface area contributed by atoms with Crippen LogP contribution in [0.3, 0.4) is 0 Å². The van der Waals surface area contributed by atoms with Crippen molar-refractivity contribution in [1.29, 1.82) is 0 Å². The third-order valence-corrected chi connectivity index (χ3v) is 4.76. The summed E-state index contributed by atoms with van der Waals surface area (Å²) >= 11 is 3.30. The Kier molecular flexibility index (Phi) is 7.19. The highest BCUT2D eigenvalue weighted by Gasteiger charge is 2.16. The van der Waals surface area contributed by atoms with Crippen LogP contribution in [0.25, 0.3) is 11.7 Å². The molecule has 2 aromatic heterocycles. The molecule has 0 saturated heterocycles. The second-order valence-electron chi connectivity index (χ2n) is 6.61. The Bertz CT molecular complexity index is 1190. The smallest absolute Gasteiger partial charge is 0.328 e. The van der Waals surface area contributed by atoms with Gasteiger partial charge >= 0.3 is 5.97 Å². The van der Waals surface area contributed by atoms with Crippen molar-refractivity contribution in [2.24, 2.45) is 0 Å². The molecule has 0 saturated carbocycles. The molecule has 0 aliphatic carbocycles. The van der Waals surface area contributed by atoms with Gasteiger partial charge in [-0.15, -0.1) is 0 Å².